The number of nitrogens with zero attached hydrogens (tertiary/aromatic N) is 2. The van der Waals surface area contributed by atoms with Crippen molar-refractivity contribution in [2.24, 2.45) is 0 Å². The summed E-state index contributed by atoms with van der Waals surface area (Å²) in [7, 11) is 0. The zero-order chi connectivity index (χ0) is 17.7. The van der Waals surface area contributed by atoms with Gasteiger partial charge in [-0.2, -0.15) is 9.78 Å². The van der Waals surface area contributed by atoms with Gasteiger partial charge in [0, 0.05) is 18.0 Å². The van der Waals surface area contributed by atoms with Crippen molar-refractivity contribution in [3.63, 3.8) is 0 Å². The molecule has 0 radical (unpaired) electrons. The first-order chi connectivity index (χ1) is 11.3. The molecule has 2 N–H and O–H groups in total. The highest BCUT2D eigenvalue weighted by molar-refractivity contribution is 5.92. The van der Waals surface area contributed by atoms with Crippen LogP contribution in [0.4, 0.5) is 0 Å². The van der Waals surface area contributed by atoms with Crippen molar-refractivity contribution < 1.29 is 14.7 Å². The van der Waals surface area contributed by atoms with Crippen molar-refractivity contribution in [3.8, 4) is 5.69 Å². The van der Waals surface area contributed by atoms with Gasteiger partial charge in [0.2, 0.25) is 0 Å². The van der Waals surface area contributed by atoms with Gasteiger partial charge in [-0.25, -0.2) is 0 Å². The van der Waals surface area contributed by atoms with E-state index in [-0.39, 0.29) is 24.1 Å². The Kier molecular flexibility index (Phi) is 5.13. The molecule has 0 aliphatic heterocycles. The first kappa shape index (κ1) is 17.4. The van der Waals surface area contributed by atoms with Crippen molar-refractivity contribution >= 4 is 11.9 Å². The SMILES string of the molecule is CC(C)(CCC(=O)O)NC(=O)c1ccc(=O)n(-c2ccccc2)n1. The van der Waals surface area contributed by atoms with E-state index < -0.39 is 17.4 Å². The van der Waals surface area contributed by atoms with Crippen LogP contribution in [0.3, 0.4) is 0 Å². The van der Waals surface area contributed by atoms with E-state index in [0.717, 1.165) is 4.68 Å². The van der Waals surface area contributed by atoms with Crippen LogP contribution in [0.1, 0.15) is 37.2 Å². The average molecular weight is 329 g/mol. The zero-order valence-electron chi connectivity index (χ0n) is 13.5. The lowest BCUT2D eigenvalue weighted by Crippen LogP contribution is -2.44. The van der Waals surface area contributed by atoms with Gasteiger partial charge in [0.05, 0.1) is 5.69 Å². The number of aromatic nitrogens is 2. The van der Waals surface area contributed by atoms with Gasteiger partial charge in [0.1, 0.15) is 5.69 Å². The Morgan fingerprint density at radius 3 is 2.46 bits per heavy atom. The van der Waals surface area contributed by atoms with Crippen LogP contribution in [-0.4, -0.2) is 32.3 Å². The Bertz CT molecular complexity index is 797. The van der Waals surface area contributed by atoms with Gasteiger partial charge in [-0.1, -0.05) is 18.2 Å². The molecule has 0 spiro atoms. The monoisotopic (exact) mass is 329 g/mol. The van der Waals surface area contributed by atoms with Crippen LogP contribution in [-0.2, 0) is 4.79 Å². The highest BCUT2D eigenvalue weighted by Crippen LogP contribution is 2.12. The fourth-order valence-corrected chi connectivity index (χ4v) is 2.14. The maximum atomic E-state index is 12.4. The van der Waals surface area contributed by atoms with Crippen molar-refractivity contribution in [2.45, 2.75) is 32.2 Å². The molecular formula is C17H19N3O4. The van der Waals surface area contributed by atoms with E-state index in [4.69, 9.17) is 5.11 Å². The molecule has 2 aromatic rings. The number of para-hydroxylation sites is 1. The van der Waals surface area contributed by atoms with Crippen molar-refractivity contribution in [3.05, 3.63) is 58.5 Å². The topological polar surface area (TPSA) is 101 Å². The number of carbonyl (C=O) groups is 2. The zero-order valence-corrected chi connectivity index (χ0v) is 13.5. The summed E-state index contributed by atoms with van der Waals surface area (Å²) in [6.45, 7) is 3.47. The maximum absolute atomic E-state index is 12.4. The van der Waals surface area contributed by atoms with E-state index in [2.05, 4.69) is 10.4 Å². The van der Waals surface area contributed by atoms with E-state index in [9.17, 15) is 14.4 Å². The first-order valence-electron chi connectivity index (χ1n) is 7.49. The lowest BCUT2D eigenvalue weighted by Gasteiger charge is -2.25. The van der Waals surface area contributed by atoms with E-state index in [1.807, 2.05) is 6.07 Å². The molecule has 2 rings (SSSR count). The minimum absolute atomic E-state index is 0.0514. The van der Waals surface area contributed by atoms with Gasteiger partial charge in [0.15, 0.2) is 0 Å². The van der Waals surface area contributed by atoms with Crippen LogP contribution in [0.2, 0.25) is 0 Å². The number of nitrogens with one attached hydrogen (secondary N) is 1. The molecule has 7 heteroatoms. The fourth-order valence-electron chi connectivity index (χ4n) is 2.14. The molecule has 0 bridgehead atoms. The molecule has 0 fully saturated rings. The number of hydrogen-bond acceptors (Lipinski definition) is 4. The second kappa shape index (κ2) is 7.08. The number of aliphatic carboxylic acids is 1. The van der Waals surface area contributed by atoms with E-state index in [1.165, 1.54) is 12.1 Å². The predicted octanol–water partition coefficient (Wildman–Crippen LogP) is 1.61. The molecule has 126 valence electrons. The molecule has 1 amide bonds. The second-order valence-electron chi connectivity index (χ2n) is 6.04. The quantitative estimate of drug-likeness (QED) is 0.838. The molecule has 0 aliphatic rings. The molecule has 24 heavy (non-hydrogen) atoms. The van der Waals surface area contributed by atoms with E-state index in [0.29, 0.717) is 5.69 Å². The number of amides is 1. The van der Waals surface area contributed by atoms with Crippen LogP contribution in [0.15, 0.2) is 47.3 Å². The van der Waals surface area contributed by atoms with Gasteiger partial charge >= 0.3 is 5.97 Å². The summed E-state index contributed by atoms with van der Waals surface area (Å²) in [4.78, 5) is 35.0. The second-order valence-corrected chi connectivity index (χ2v) is 6.04. The molecule has 1 heterocycles. The van der Waals surface area contributed by atoms with Crippen molar-refractivity contribution in [1.29, 1.82) is 0 Å². The Hall–Kier alpha value is -2.96. The van der Waals surface area contributed by atoms with Crippen LogP contribution in [0.25, 0.3) is 5.69 Å². The van der Waals surface area contributed by atoms with Crippen molar-refractivity contribution in [2.75, 3.05) is 0 Å². The van der Waals surface area contributed by atoms with Gasteiger partial charge in [-0.15, -0.1) is 0 Å². The number of rotatable bonds is 6. The smallest absolute Gasteiger partial charge is 0.303 e. The molecule has 0 atom stereocenters. The third-order valence-corrected chi connectivity index (χ3v) is 3.45. The lowest BCUT2D eigenvalue weighted by molar-refractivity contribution is -0.137. The van der Waals surface area contributed by atoms with Gasteiger partial charge in [-0.05, 0) is 38.5 Å². The van der Waals surface area contributed by atoms with Gasteiger partial charge in [0.25, 0.3) is 11.5 Å². The summed E-state index contributed by atoms with van der Waals surface area (Å²) in [5.74, 6) is -1.39. The average Bonchev–Trinajstić information content (AvgIpc) is 2.54. The standard InChI is InChI=1S/C17H19N3O4/c1-17(2,11-10-15(22)23)18-16(24)13-8-9-14(21)20(19-13)12-6-4-3-5-7-12/h3-9H,10-11H2,1-2H3,(H,18,24)(H,22,23). The minimum Gasteiger partial charge on any atom is -0.481 e. The van der Waals surface area contributed by atoms with Crippen LogP contribution >= 0.6 is 0 Å². The highest BCUT2D eigenvalue weighted by Gasteiger charge is 2.23. The molecule has 1 aromatic heterocycles. The Morgan fingerprint density at radius 1 is 1.17 bits per heavy atom. The van der Waals surface area contributed by atoms with E-state index >= 15 is 0 Å². The van der Waals surface area contributed by atoms with Crippen molar-refractivity contribution in [1.82, 2.24) is 15.1 Å². The number of hydrogen-bond donors (Lipinski definition) is 2. The summed E-state index contributed by atoms with van der Waals surface area (Å²) >= 11 is 0. The Balaban J connectivity index is 2.22. The molecule has 7 nitrogen and oxygen atoms in total. The summed E-state index contributed by atoms with van der Waals surface area (Å²) < 4.78 is 1.15. The van der Waals surface area contributed by atoms with Crippen LogP contribution in [0.5, 0.6) is 0 Å². The number of carboxylic acid groups (broad SMARTS) is 1. The van der Waals surface area contributed by atoms with Gasteiger partial charge in [-0.3, -0.25) is 14.4 Å². The van der Waals surface area contributed by atoms with E-state index in [1.54, 1.807) is 38.1 Å². The van der Waals surface area contributed by atoms with Gasteiger partial charge < -0.3 is 10.4 Å². The first-order valence-corrected chi connectivity index (χ1v) is 7.49. The molecule has 0 unspecified atom stereocenters. The summed E-state index contributed by atoms with van der Waals surface area (Å²) in [6.07, 6.45) is 0.233. The molecule has 0 aliphatic carbocycles. The fraction of sp³-hybridized carbons (Fsp3) is 0.294. The lowest BCUT2D eigenvalue weighted by atomic mass is 9.98. The number of carbonyl (C=O) groups excluding carboxylic acids is 1. The minimum atomic E-state index is -0.923. The van der Waals surface area contributed by atoms with Crippen LogP contribution in [0, 0.1) is 0 Å². The third kappa shape index (κ3) is 4.52. The predicted molar refractivity (Wildman–Crippen MR) is 88.2 cm³/mol. The summed E-state index contributed by atoms with van der Waals surface area (Å²) in [5, 5.41) is 15.6. The Morgan fingerprint density at radius 2 is 1.83 bits per heavy atom. The summed E-state index contributed by atoms with van der Waals surface area (Å²) in [5.41, 5.74) is -0.405. The molecule has 1 aromatic carbocycles. The number of carboxylic acids is 1. The normalized spacial score (nSPS) is 11.1. The maximum Gasteiger partial charge on any atom is 0.303 e. The number of benzene rings is 1. The summed E-state index contributed by atoms with van der Waals surface area (Å²) in [6, 6.07) is 11.4. The molecule has 0 saturated carbocycles. The largest absolute Gasteiger partial charge is 0.481 e. The Labute approximate surface area is 138 Å². The third-order valence-electron chi connectivity index (χ3n) is 3.45. The molecule has 0 saturated heterocycles. The highest BCUT2D eigenvalue weighted by atomic mass is 16.4. The molecular weight excluding hydrogens is 310 g/mol. The van der Waals surface area contributed by atoms with Crippen LogP contribution < -0.4 is 10.9 Å².